The molecule has 0 unspecified atom stereocenters. The van der Waals surface area contributed by atoms with Crippen LogP contribution in [0.15, 0.2) is 34.7 Å². The Morgan fingerprint density at radius 1 is 1.16 bits per heavy atom. The van der Waals surface area contributed by atoms with Crippen molar-refractivity contribution in [3.05, 3.63) is 58.5 Å². The molecule has 5 heteroatoms. The number of hydrogen-bond donors (Lipinski definition) is 2. The summed E-state index contributed by atoms with van der Waals surface area (Å²) in [5, 5.41) is 11.7. The summed E-state index contributed by atoms with van der Waals surface area (Å²) in [7, 11) is 0. The average Bonchev–Trinajstić information content (AvgIpc) is 2.91. The molecule has 0 aliphatic heterocycles. The Bertz CT molecular complexity index is 751. The first-order valence-electron chi connectivity index (χ1n) is 8.35. The van der Waals surface area contributed by atoms with Gasteiger partial charge in [-0.15, -0.1) is 0 Å². The lowest BCUT2D eigenvalue weighted by atomic mass is 9.86. The molecule has 0 radical (unpaired) electrons. The van der Waals surface area contributed by atoms with Crippen molar-refractivity contribution < 1.29 is 19.1 Å². The van der Waals surface area contributed by atoms with Gasteiger partial charge in [-0.05, 0) is 36.0 Å². The Labute approximate surface area is 148 Å². The maximum atomic E-state index is 12.0. The van der Waals surface area contributed by atoms with E-state index in [0.29, 0.717) is 24.4 Å². The molecule has 0 bridgehead atoms. The highest BCUT2D eigenvalue weighted by molar-refractivity contribution is 5.88. The van der Waals surface area contributed by atoms with E-state index >= 15 is 0 Å². The van der Waals surface area contributed by atoms with Crippen LogP contribution in [0.2, 0.25) is 0 Å². The summed E-state index contributed by atoms with van der Waals surface area (Å²) in [5.74, 6) is -0.336. The summed E-state index contributed by atoms with van der Waals surface area (Å²) in [5.41, 5.74) is 2.63. The van der Waals surface area contributed by atoms with Crippen molar-refractivity contribution in [2.75, 3.05) is 0 Å². The van der Waals surface area contributed by atoms with Gasteiger partial charge in [0.15, 0.2) is 0 Å². The van der Waals surface area contributed by atoms with Crippen LogP contribution in [-0.4, -0.2) is 17.0 Å². The van der Waals surface area contributed by atoms with Crippen molar-refractivity contribution in [3.63, 3.8) is 0 Å². The quantitative estimate of drug-likeness (QED) is 0.835. The molecule has 2 N–H and O–H groups in total. The Balaban J connectivity index is 1.83. The number of furan rings is 1. The van der Waals surface area contributed by atoms with Crippen molar-refractivity contribution in [3.8, 4) is 0 Å². The molecule has 0 saturated heterocycles. The number of amides is 1. The van der Waals surface area contributed by atoms with Gasteiger partial charge < -0.3 is 14.8 Å². The van der Waals surface area contributed by atoms with Gasteiger partial charge in [-0.25, -0.2) is 4.79 Å². The van der Waals surface area contributed by atoms with Crippen molar-refractivity contribution in [2.45, 2.75) is 52.5 Å². The van der Waals surface area contributed by atoms with E-state index in [1.807, 2.05) is 0 Å². The topological polar surface area (TPSA) is 79.5 Å². The van der Waals surface area contributed by atoms with Crippen LogP contribution in [0.5, 0.6) is 0 Å². The predicted molar refractivity (Wildman–Crippen MR) is 95.7 cm³/mol. The van der Waals surface area contributed by atoms with E-state index in [4.69, 9.17) is 9.52 Å². The second kappa shape index (κ2) is 7.55. The van der Waals surface area contributed by atoms with Crippen LogP contribution in [0.25, 0.3) is 0 Å². The molecular formula is C20H25NO4. The summed E-state index contributed by atoms with van der Waals surface area (Å²) >= 11 is 0. The fourth-order valence-electron chi connectivity index (χ4n) is 2.55. The summed E-state index contributed by atoms with van der Waals surface area (Å²) in [6, 6.07) is 9.77. The molecule has 2 aromatic rings. The second-order valence-electron chi connectivity index (χ2n) is 7.21. The average molecular weight is 343 g/mol. The number of nitrogens with one attached hydrogen (secondary N) is 1. The van der Waals surface area contributed by atoms with E-state index in [0.717, 1.165) is 5.56 Å². The van der Waals surface area contributed by atoms with E-state index in [1.54, 1.807) is 6.92 Å². The van der Waals surface area contributed by atoms with E-state index in [1.165, 1.54) is 11.6 Å². The van der Waals surface area contributed by atoms with Gasteiger partial charge in [0.25, 0.3) is 0 Å². The number of rotatable bonds is 6. The summed E-state index contributed by atoms with van der Waals surface area (Å²) in [6.45, 7) is 8.29. The number of aryl methyl sites for hydroxylation is 2. The van der Waals surface area contributed by atoms with Gasteiger partial charge in [0, 0.05) is 6.42 Å². The minimum Gasteiger partial charge on any atom is -0.478 e. The first-order valence-corrected chi connectivity index (χ1v) is 8.35. The molecule has 5 nitrogen and oxygen atoms in total. The van der Waals surface area contributed by atoms with Crippen LogP contribution in [0.1, 0.15) is 60.2 Å². The molecule has 1 aromatic heterocycles. The number of carbonyl (C=O) groups is 2. The minimum atomic E-state index is -1.03. The number of carbonyl (C=O) groups excluding carboxylic acids is 1. The first kappa shape index (κ1) is 18.8. The van der Waals surface area contributed by atoms with Crippen molar-refractivity contribution in [2.24, 2.45) is 0 Å². The van der Waals surface area contributed by atoms with Crippen LogP contribution in [0.4, 0.5) is 0 Å². The van der Waals surface area contributed by atoms with Gasteiger partial charge in [-0.1, -0.05) is 45.0 Å². The Morgan fingerprint density at radius 2 is 1.80 bits per heavy atom. The van der Waals surface area contributed by atoms with Crippen LogP contribution >= 0.6 is 0 Å². The van der Waals surface area contributed by atoms with Gasteiger partial charge in [-0.2, -0.15) is 0 Å². The maximum Gasteiger partial charge on any atom is 0.339 e. The van der Waals surface area contributed by atoms with Crippen LogP contribution in [0, 0.1) is 6.92 Å². The molecule has 134 valence electrons. The van der Waals surface area contributed by atoms with E-state index in [2.05, 4.69) is 50.4 Å². The van der Waals surface area contributed by atoms with Gasteiger partial charge in [0.05, 0.1) is 6.54 Å². The molecule has 0 saturated carbocycles. The highest BCUT2D eigenvalue weighted by atomic mass is 16.4. The molecule has 0 aliphatic carbocycles. The second-order valence-corrected chi connectivity index (χ2v) is 7.21. The number of carboxylic acid groups (broad SMARTS) is 1. The zero-order valence-electron chi connectivity index (χ0n) is 15.2. The monoisotopic (exact) mass is 343 g/mol. The predicted octanol–water partition coefficient (Wildman–Crippen LogP) is 3.83. The smallest absolute Gasteiger partial charge is 0.339 e. The Morgan fingerprint density at radius 3 is 2.32 bits per heavy atom. The molecule has 1 amide bonds. The molecule has 1 heterocycles. The van der Waals surface area contributed by atoms with Gasteiger partial charge in [0.2, 0.25) is 5.91 Å². The maximum absolute atomic E-state index is 12.0. The van der Waals surface area contributed by atoms with Gasteiger partial charge in [-0.3, -0.25) is 4.79 Å². The third kappa shape index (κ3) is 5.21. The highest BCUT2D eigenvalue weighted by Crippen LogP contribution is 2.22. The fraction of sp³-hybridized carbons (Fsp3) is 0.400. The Kier molecular flexibility index (Phi) is 5.67. The van der Waals surface area contributed by atoms with Crippen LogP contribution in [-0.2, 0) is 23.2 Å². The SMILES string of the molecule is Cc1oc(CNC(=O)CCc2ccc(C(C)(C)C)cc2)cc1C(=O)O. The molecule has 0 fully saturated rings. The zero-order chi connectivity index (χ0) is 18.6. The van der Waals surface area contributed by atoms with Gasteiger partial charge >= 0.3 is 5.97 Å². The van der Waals surface area contributed by atoms with Gasteiger partial charge in [0.1, 0.15) is 17.1 Å². The summed E-state index contributed by atoms with van der Waals surface area (Å²) in [4.78, 5) is 22.9. The number of carboxylic acids is 1. The summed E-state index contributed by atoms with van der Waals surface area (Å²) < 4.78 is 5.34. The molecule has 25 heavy (non-hydrogen) atoms. The molecule has 1 aromatic carbocycles. The molecule has 0 atom stereocenters. The Hall–Kier alpha value is -2.56. The minimum absolute atomic E-state index is 0.0918. The third-order valence-electron chi connectivity index (χ3n) is 4.12. The van der Waals surface area contributed by atoms with Crippen LogP contribution in [0.3, 0.4) is 0 Å². The van der Waals surface area contributed by atoms with Crippen molar-refractivity contribution in [1.82, 2.24) is 5.32 Å². The summed E-state index contributed by atoms with van der Waals surface area (Å²) in [6.07, 6.45) is 1.04. The molecular weight excluding hydrogens is 318 g/mol. The lowest BCUT2D eigenvalue weighted by Crippen LogP contribution is -2.22. The first-order chi connectivity index (χ1) is 11.7. The number of aromatic carboxylic acids is 1. The van der Waals surface area contributed by atoms with Crippen molar-refractivity contribution in [1.29, 1.82) is 0 Å². The number of hydrogen-bond acceptors (Lipinski definition) is 3. The van der Waals surface area contributed by atoms with Crippen LogP contribution < -0.4 is 5.32 Å². The largest absolute Gasteiger partial charge is 0.478 e. The van der Waals surface area contributed by atoms with E-state index in [9.17, 15) is 9.59 Å². The lowest BCUT2D eigenvalue weighted by molar-refractivity contribution is -0.121. The zero-order valence-corrected chi connectivity index (χ0v) is 15.2. The molecule has 0 aliphatic rings. The third-order valence-corrected chi connectivity index (χ3v) is 4.12. The normalized spacial score (nSPS) is 11.4. The molecule has 2 rings (SSSR count). The highest BCUT2D eigenvalue weighted by Gasteiger charge is 2.15. The lowest BCUT2D eigenvalue weighted by Gasteiger charge is -2.19. The van der Waals surface area contributed by atoms with E-state index < -0.39 is 5.97 Å². The fourth-order valence-corrected chi connectivity index (χ4v) is 2.55. The van der Waals surface area contributed by atoms with E-state index in [-0.39, 0.29) is 23.4 Å². The van der Waals surface area contributed by atoms with Crippen molar-refractivity contribution >= 4 is 11.9 Å². The number of benzene rings is 1. The standard InChI is InChI=1S/C20H25NO4/c1-13-17(19(23)24)11-16(25-13)12-21-18(22)10-7-14-5-8-15(9-6-14)20(2,3)4/h5-6,8-9,11H,7,10,12H2,1-4H3,(H,21,22)(H,23,24). The molecule has 0 spiro atoms.